The number of halogens is 1. The van der Waals surface area contributed by atoms with Gasteiger partial charge in [-0.05, 0) is 18.6 Å². The molecule has 6 nitrogen and oxygen atoms in total. The van der Waals surface area contributed by atoms with Crippen LogP contribution >= 0.6 is 11.6 Å². The molecule has 116 valence electrons. The molecule has 0 radical (unpaired) electrons. The summed E-state index contributed by atoms with van der Waals surface area (Å²) in [4.78, 5) is 27.3. The lowest BCUT2D eigenvalue weighted by Crippen LogP contribution is -2.41. The third kappa shape index (κ3) is 5.69. The molecule has 1 aromatic heterocycles. The van der Waals surface area contributed by atoms with Crippen molar-refractivity contribution in [2.45, 2.75) is 32.2 Å². The molecule has 0 saturated heterocycles. The molecule has 21 heavy (non-hydrogen) atoms. The number of rotatable bonds is 8. The lowest BCUT2D eigenvalue weighted by Gasteiger charge is -2.14. The smallest absolute Gasteiger partial charge is 0.326 e. The van der Waals surface area contributed by atoms with Gasteiger partial charge < -0.3 is 15.2 Å². The van der Waals surface area contributed by atoms with Crippen LogP contribution in [0.4, 0.5) is 0 Å². The largest absolute Gasteiger partial charge is 0.480 e. The summed E-state index contributed by atoms with van der Waals surface area (Å²) in [5.74, 6) is -1.59. The van der Waals surface area contributed by atoms with E-state index in [0.29, 0.717) is 17.7 Å². The van der Waals surface area contributed by atoms with Crippen LogP contribution in [0.1, 0.15) is 35.8 Å². The van der Waals surface area contributed by atoms with Gasteiger partial charge in [0.05, 0.1) is 0 Å². The highest BCUT2D eigenvalue weighted by atomic mass is 35.5. The van der Waals surface area contributed by atoms with E-state index in [1.807, 2.05) is 6.92 Å². The first-order valence-corrected chi connectivity index (χ1v) is 7.04. The molecule has 0 bridgehead atoms. The van der Waals surface area contributed by atoms with Gasteiger partial charge in [0.15, 0.2) is 0 Å². The number of hydrogen-bond donors (Lipinski definition) is 2. The second-order valence-corrected chi connectivity index (χ2v) is 4.95. The molecular weight excluding hydrogens is 296 g/mol. The van der Waals surface area contributed by atoms with Gasteiger partial charge in [-0.15, -0.1) is 0 Å². The minimum absolute atomic E-state index is 0.193. The van der Waals surface area contributed by atoms with Crippen molar-refractivity contribution >= 4 is 23.5 Å². The van der Waals surface area contributed by atoms with Crippen LogP contribution in [-0.2, 0) is 16.0 Å². The van der Waals surface area contributed by atoms with Crippen molar-refractivity contribution in [2.75, 3.05) is 13.7 Å². The Hall–Kier alpha value is -1.66. The molecular formula is C14H19ClN2O4. The number of ether oxygens (including phenoxy) is 1. The highest BCUT2D eigenvalue weighted by molar-refractivity contribution is 6.29. The van der Waals surface area contributed by atoms with Gasteiger partial charge in [0.25, 0.3) is 5.91 Å². The third-order valence-electron chi connectivity index (χ3n) is 2.83. The van der Waals surface area contributed by atoms with E-state index in [-0.39, 0.29) is 18.2 Å². The minimum atomic E-state index is -1.10. The molecule has 1 rings (SSSR count). The number of pyridine rings is 1. The molecule has 1 amide bonds. The average molecular weight is 315 g/mol. The van der Waals surface area contributed by atoms with E-state index in [4.69, 9.17) is 21.4 Å². The Morgan fingerprint density at radius 1 is 1.48 bits per heavy atom. The Labute approximate surface area is 128 Å². The maximum atomic E-state index is 12.1. The second kappa shape index (κ2) is 8.59. The number of aliphatic carboxylic acids is 1. The predicted molar refractivity (Wildman–Crippen MR) is 78.6 cm³/mol. The fraction of sp³-hybridized carbons (Fsp3) is 0.500. The Kier molecular flexibility index (Phi) is 7.11. The quantitative estimate of drug-likeness (QED) is 0.715. The van der Waals surface area contributed by atoms with E-state index in [1.54, 1.807) is 6.07 Å². The van der Waals surface area contributed by atoms with Crippen LogP contribution < -0.4 is 5.32 Å². The first-order valence-electron chi connectivity index (χ1n) is 6.67. The topological polar surface area (TPSA) is 88.5 Å². The van der Waals surface area contributed by atoms with E-state index in [1.165, 1.54) is 13.2 Å². The molecule has 0 aliphatic heterocycles. The van der Waals surface area contributed by atoms with Crippen molar-refractivity contribution in [1.82, 2.24) is 10.3 Å². The van der Waals surface area contributed by atoms with Crippen LogP contribution in [0.15, 0.2) is 12.1 Å². The summed E-state index contributed by atoms with van der Waals surface area (Å²) in [6.07, 6.45) is 1.77. The number of carbonyl (C=O) groups excluding carboxylic acids is 1. The van der Waals surface area contributed by atoms with Gasteiger partial charge in [0.2, 0.25) is 0 Å². The van der Waals surface area contributed by atoms with Gasteiger partial charge in [-0.1, -0.05) is 24.9 Å². The van der Waals surface area contributed by atoms with E-state index in [0.717, 1.165) is 6.42 Å². The SMILES string of the molecule is CCCc1cc(C(=O)NC(CCOC)C(=O)O)cc(Cl)n1. The Morgan fingerprint density at radius 2 is 2.19 bits per heavy atom. The number of methoxy groups -OCH3 is 1. The van der Waals surface area contributed by atoms with E-state index in [9.17, 15) is 9.59 Å². The fourth-order valence-electron chi connectivity index (χ4n) is 1.80. The monoisotopic (exact) mass is 314 g/mol. The number of hydrogen-bond acceptors (Lipinski definition) is 4. The molecule has 1 heterocycles. The zero-order chi connectivity index (χ0) is 15.8. The third-order valence-corrected chi connectivity index (χ3v) is 3.02. The molecule has 1 aromatic rings. The van der Waals surface area contributed by atoms with Crippen molar-refractivity contribution < 1.29 is 19.4 Å². The molecule has 0 fully saturated rings. The van der Waals surface area contributed by atoms with Gasteiger partial charge in [0.1, 0.15) is 11.2 Å². The number of carbonyl (C=O) groups is 2. The number of carboxylic acids is 1. The summed E-state index contributed by atoms with van der Waals surface area (Å²) in [5.41, 5.74) is 1.01. The summed E-state index contributed by atoms with van der Waals surface area (Å²) >= 11 is 5.89. The molecule has 0 aromatic carbocycles. The van der Waals surface area contributed by atoms with E-state index < -0.39 is 17.9 Å². The summed E-state index contributed by atoms with van der Waals surface area (Å²) < 4.78 is 4.83. The number of nitrogens with one attached hydrogen (secondary N) is 1. The molecule has 0 aliphatic rings. The Bertz CT molecular complexity index is 508. The molecule has 0 saturated carbocycles. The first kappa shape index (κ1) is 17.4. The molecule has 0 aliphatic carbocycles. The van der Waals surface area contributed by atoms with Crippen LogP contribution in [0, 0.1) is 0 Å². The highest BCUT2D eigenvalue weighted by Crippen LogP contribution is 2.13. The van der Waals surface area contributed by atoms with Crippen LogP contribution in [0.2, 0.25) is 5.15 Å². The Balaban J connectivity index is 2.84. The van der Waals surface area contributed by atoms with Crippen molar-refractivity contribution in [3.63, 3.8) is 0 Å². The number of nitrogens with zero attached hydrogens (tertiary/aromatic N) is 1. The van der Waals surface area contributed by atoms with Crippen LogP contribution in [0.5, 0.6) is 0 Å². The van der Waals surface area contributed by atoms with Gasteiger partial charge in [-0.3, -0.25) is 4.79 Å². The first-order chi connectivity index (χ1) is 9.97. The maximum absolute atomic E-state index is 12.1. The number of carboxylic acid groups (broad SMARTS) is 1. The van der Waals surface area contributed by atoms with Crippen molar-refractivity contribution in [1.29, 1.82) is 0 Å². The lowest BCUT2D eigenvalue weighted by molar-refractivity contribution is -0.139. The van der Waals surface area contributed by atoms with Gasteiger partial charge in [0, 0.05) is 31.4 Å². The van der Waals surface area contributed by atoms with E-state index in [2.05, 4.69) is 10.3 Å². The summed E-state index contributed by atoms with van der Waals surface area (Å²) in [6, 6.07) is 2.05. The summed E-state index contributed by atoms with van der Waals surface area (Å²) in [7, 11) is 1.47. The zero-order valence-electron chi connectivity index (χ0n) is 12.1. The maximum Gasteiger partial charge on any atom is 0.326 e. The molecule has 1 atom stereocenters. The lowest BCUT2D eigenvalue weighted by atomic mass is 10.1. The zero-order valence-corrected chi connectivity index (χ0v) is 12.8. The number of aryl methyl sites for hydroxylation is 1. The molecule has 7 heteroatoms. The average Bonchev–Trinajstić information content (AvgIpc) is 2.42. The van der Waals surface area contributed by atoms with Crippen molar-refractivity contribution in [3.05, 3.63) is 28.5 Å². The second-order valence-electron chi connectivity index (χ2n) is 4.57. The van der Waals surface area contributed by atoms with Crippen molar-refractivity contribution in [3.8, 4) is 0 Å². The standard InChI is InChI=1S/C14H19ClN2O4/c1-3-4-10-7-9(8-12(15)16-10)13(18)17-11(14(19)20)5-6-21-2/h7-8,11H,3-6H2,1-2H3,(H,17,18)(H,19,20). The van der Waals surface area contributed by atoms with Crippen molar-refractivity contribution in [2.24, 2.45) is 0 Å². The Morgan fingerprint density at radius 3 is 2.76 bits per heavy atom. The summed E-state index contributed by atoms with van der Waals surface area (Å²) in [5, 5.41) is 11.8. The fourth-order valence-corrected chi connectivity index (χ4v) is 2.03. The van der Waals surface area contributed by atoms with Crippen LogP contribution in [0.3, 0.4) is 0 Å². The van der Waals surface area contributed by atoms with Gasteiger partial charge >= 0.3 is 5.97 Å². The normalized spacial score (nSPS) is 12.0. The number of amides is 1. The predicted octanol–water partition coefficient (Wildman–Crippen LogP) is 1.91. The van der Waals surface area contributed by atoms with Crippen LogP contribution in [0.25, 0.3) is 0 Å². The summed E-state index contributed by atoms with van der Waals surface area (Å²) in [6.45, 7) is 2.24. The van der Waals surface area contributed by atoms with Gasteiger partial charge in [-0.25, -0.2) is 9.78 Å². The molecule has 1 unspecified atom stereocenters. The molecule has 2 N–H and O–H groups in total. The highest BCUT2D eigenvalue weighted by Gasteiger charge is 2.20. The molecule has 0 spiro atoms. The van der Waals surface area contributed by atoms with Crippen LogP contribution in [-0.4, -0.2) is 41.7 Å². The number of aromatic nitrogens is 1. The van der Waals surface area contributed by atoms with Gasteiger partial charge in [-0.2, -0.15) is 0 Å². The minimum Gasteiger partial charge on any atom is -0.480 e. The van der Waals surface area contributed by atoms with E-state index >= 15 is 0 Å².